The van der Waals surface area contributed by atoms with Gasteiger partial charge in [-0.3, -0.25) is 11.3 Å². The maximum atomic E-state index is 5.58. The summed E-state index contributed by atoms with van der Waals surface area (Å²) in [4.78, 5) is 0. The van der Waals surface area contributed by atoms with Crippen molar-refractivity contribution < 1.29 is 0 Å². The first-order chi connectivity index (χ1) is 7.81. The number of unbranched alkanes of at least 4 members (excludes halogenated alkanes) is 1. The second-order valence-corrected chi connectivity index (χ2v) is 4.03. The van der Waals surface area contributed by atoms with Crippen LogP contribution in [-0.2, 0) is 6.42 Å². The molecule has 0 radical (unpaired) electrons. The van der Waals surface area contributed by atoms with E-state index < -0.39 is 0 Å². The summed E-state index contributed by atoms with van der Waals surface area (Å²) in [5.41, 5.74) is 5.51. The van der Waals surface area contributed by atoms with E-state index in [1.165, 1.54) is 11.1 Å². The van der Waals surface area contributed by atoms with E-state index in [-0.39, 0.29) is 6.04 Å². The van der Waals surface area contributed by atoms with E-state index in [0.29, 0.717) is 0 Å². The first kappa shape index (κ1) is 12.9. The second-order valence-electron chi connectivity index (χ2n) is 4.03. The van der Waals surface area contributed by atoms with Gasteiger partial charge in [-0.15, -0.1) is 6.58 Å². The minimum atomic E-state index is 0.255. The molecule has 2 nitrogen and oxygen atoms in total. The number of allylic oxidation sites excluding steroid dienone is 1. The van der Waals surface area contributed by atoms with E-state index >= 15 is 0 Å². The van der Waals surface area contributed by atoms with Crippen LogP contribution in [-0.4, -0.2) is 0 Å². The molecule has 0 heterocycles. The molecule has 0 aliphatic rings. The van der Waals surface area contributed by atoms with Crippen LogP contribution in [0.25, 0.3) is 0 Å². The van der Waals surface area contributed by atoms with Gasteiger partial charge in [0, 0.05) is 6.04 Å². The van der Waals surface area contributed by atoms with Crippen LogP contribution in [0.4, 0.5) is 0 Å². The smallest absolute Gasteiger partial charge is 0.0460 e. The summed E-state index contributed by atoms with van der Waals surface area (Å²) in [6.45, 7) is 5.89. The van der Waals surface area contributed by atoms with Gasteiger partial charge in [-0.05, 0) is 36.8 Å². The third-order valence-corrected chi connectivity index (χ3v) is 2.89. The van der Waals surface area contributed by atoms with Crippen LogP contribution in [0.1, 0.15) is 43.4 Å². The van der Waals surface area contributed by atoms with Gasteiger partial charge in [-0.2, -0.15) is 0 Å². The Balaban J connectivity index is 2.59. The molecule has 0 aromatic heterocycles. The number of hydrogen-bond acceptors (Lipinski definition) is 2. The summed E-state index contributed by atoms with van der Waals surface area (Å²) >= 11 is 0. The highest BCUT2D eigenvalue weighted by Gasteiger charge is 2.08. The van der Waals surface area contributed by atoms with E-state index in [9.17, 15) is 0 Å². The zero-order chi connectivity index (χ0) is 11.8. The zero-order valence-corrected chi connectivity index (χ0v) is 10.1. The molecule has 1 unspecified atom stereocenters. The Kier molecular flexibility index (Phi) is 5.83. The number of rotatable bonds is 7. The molecule has 0 aliphatic heterocycles. The fraction of sp³-hybridized carbons (Fsp3) is 0.429. The molecule has 0 saturated heterocycles. The SMILES string of the molecule is C=CCCCC(NN)c1ccc(CC)cc1. The summed E-state index contributed by atoms with van der Waals surface area (Å²) in [5, 5.41) is 0. The quantitative estimate of drug-likeness (QED) is 0.319. The number of hydrazine groups is 1. The maximum Gasteiger partial charge on any atom is 0.0460 e. The van der Waals surface area contributed by atoms with Gasteiger partial charge in [0.15, 0.2) is 0 Å². The van der Waals surface area contributed by atoms with Crippen molar-refractivity contribution in [1.29, 1.82) is 0 Å². The van der Waals surface area contributed by atoms with Gasteiger partial charge < -0.3 is 0 Å². The third kappa shape index (κ3) is 3.80. The van der Waals surface area contributed by atoms with Crippen LogP contribution in [0.2, 0.25) is 0 Å². The molecular formula is C14H22N2. The molecule has 2 heteroatoms. The lowest BCUT2D eigenvalue weighted by molar-refractivity contribution is 0.501. The summed E-state index contributed by atoms with van der Waals surface area (Å²) in [5.74, 6) is 5.58. The average molecular weight is 218 g/mol. The predicted molar refractivity (Wildman–Crippen MR) is 69.9 cm³/mol. The Bertz CT molecular complexity index is 303. The van der Waals surface area contributed by atoms with Gasteiger partial charge in [0.1, 0.15) is 0 Å². The van der Waals surface area contributed by atoms with E-state index in [1.807, 2.05) is 6.08 Å². The second kappa shape index (κ2) is 7.20. The van der Waals surface area contributed by atoms with Crippen molar-refractivity contribution >= 4 is 0 Å². The topological polar surface area (TPSA) is 38.0 Å². The van der Waals surface area contributed by atoms with Crippen LogP contribution in [0.3, 0.4) is 0 Å². The van der Waals surface area contributed by atoms with Crippen molar-refractivity contribution in [3.8, 4) is 0 Å². The molecule has 0 aliphatic carbocycles. The summed E-state index contributed by atoms with van der Waals surface area (Å²) in [7, 11) is 0. The Labute approximate surface area is 98.5 Å². The predicted octanol–water partition coefficient (Wildman–Crippen LogP) is 3.11. The molecule has 3 N–H and O–H groups in total. The average Bonchev–Trinajstić information content (AvgIpc) is 2.35. The number of benzene rings is 1. The molecule has 0 amide bonds. The molecule has 0 fully saturated rings. The van der Waals surface area contributed by atoms with Crippen molar-refractivity contribution in [2.75, 3.05) is 0 Å². The van der Waals surface area contributed by atoms with Gasteiger partial charge in [0.05, 0.1) is 0 Å². The van der Waals surface area contributed by atoms with Crippen LogP contribution >= 0.6 is 0 Å². The molecule has 1 aromatic rings. The highest BCUT2D eigenvalue weighted by Crippen LogP contribution is 2.19. The number of aryl methyl sites for hydroxylation is 1. The molecule has 1 rings (SSSR count). The Morgan fingerprint density at radius 2 is 2.06 bits per heavy atom. The monoisotopic (exact) mass is 218 g/mol. The largest absolute Gasteiger partial charge is 0.271 e. The van der Waals surface area contributed by atoms with Crippen LogP contribution < -0.4 is 11.3 Å². The standard InChI is InChI=1S/C14H22N2/c1-3-5-6-7-14(16-15)13-10-8-12(4-2)9-11-13/h3,8-11,14,16H,1,4-7,15H2,2H3. The lowest BCUT2D eigenvalue weighted by Crippen LogP contribution is -2.27. The molecule has 1 atom stereocenters. The van der Waals surface area contributed by atoms with Crippen LogP contribution in [0.5, 0.6) is 0 Å². The highest BCUT2D eigenvalue weighted by atomic mass is 15.2. The highest BCUT2D eigenvalue weighted by molar-refractivity contribution is 5.24. The number of nitrogens with two attached hydrogens (primary N) is 1. The fourth-order valence-electron chi connectivity index (χ4n) is 1.80. The van der Waals surface area contributed by atoms with Gasteiger partial charge in [-0.25, -0.2) is 0 Å². The van der Waals surface area contributed by atoms with Crippen molar-refractivity contribution in [3.05, 3.63) is 48.0 Å². The van der Waals surface area contributed by atoms with Crippen LogP contribution in [0, 0.1) is 0 Å². The van der Waals surface area contributed by atoms with E-state index in [1.54, 1.807) is 0 Å². The number of nitrogens with one attached hydrogen (secondary N) is 1. The third-order valence-electron chi connectivity index (χ3n) is 2.89. The van der Waals surface area contributed by atoms with E-state index in [0.717, 1.165) is 25.7 Å². The van der Waals surface area contributed by atoms with Gasteiger partial charge >= 0.3 is 0 Å². The number of hydrogen-bond donors (Lipinski definition) is 2. The van der Waals surface area contributed by atoms with Gasteiger partial charge in [0.2, 0.25) is 0 Å². The molecule has 0 spiro atoms. The van der Waals surface area contributed by atoms with Gasteiger partial charge in [-0.1, -0.05) is 37.3 Å². The Morgan fingerprint density at radius 1 is 1.38 bits per heavy atom. The van der Waals surface area contributed by atoms with Crippen molar-refractivity contribution in [2.45, 2.75) is 38.6 Å². The van der Waals surface area contributed by atoms with Crippen LogP contribution in [0.15, 0.2) is 36.9 Å². The first-order valence-electron chi connectivity index (χ1n) is 5.97. The Morgan fingerprint density at radius 3 is 2.56 bits per heavy atom. The van der Waals surface area contributed by atoms with Crippen molar-refractivity contribution in [1.82, 2.24) is 5.43 Å². The van der Waals surface area contributed by atoms with Crippen molar-refractivity contribution in [3.63, 3.8) is 0 Å². The lowest BCUT2D eigenvalue weighted by atomic mass is 10.00. The molecular weight excluding hydrogens is 196 g/mol. The molecule has 1 aromatic carbocycles. The fourth-order valence-corrected chi connectivity index (χ4v) is 1.80. The van der Waals surface area contributed by atoms with Gasteiger partial charge in [0.25, 0.3) is 0 Å². The summed E-state index contributed by atoms with van der Waals surface area (Å²) < 4.78 is 0. The Hall–Kier alpha value is -1.12. The molecule has 0 bridgehead atoms. The molecule has 0 saturated carbocycles. The minimum Gasteiger partial charge on any atom is -0.271 e. The van der Waals surface area contributed by atoms with Crippen molar-refractivity contribution in [2.24, 2.45) is 5.84 Å². The summed E-state index contributed by atoms with van der Waals surface area (Å²) in [6, 6.07) is 8.93. The molecule has 88 valence electrons. The first-order valence-corrected chi connectivity index (χ1v) is 5.97. The normalized spacial score (nSPS) is 12.4. The zero-order valence-electron chi connectivity index (χ0n) is 10.1. The maximum absolute atomic E-state index is 5.58. The van der Waals surface area contributed by atoms with E-state index in [4.69, 9.17) is 5.84 Å². The lowest BCUT2D eigenvalue weighted by Gasteiger charge is -2.16. The minimum absolute atomic E-state index is 0.255. The molecule has 16 heavy (non-hydrogen) atoms. The summed E-state index contributed by atoms with van der Waals surface area (Å²) in [6.07, 6.45) is 6.25. The van der Waals surface area contributed by atoms with E-state index in [2.05, 4.69) is 43.2 Å².